The predicted octanol–water partition coefficient (Wildman–Crippen LogP) is 3.18. The van der Waals surface area contributed by atoms with Crippen LogP contribution in [0.1, 0.15) is 43.0 Å². The van der Waals surface area contributed by atoms with Crippen LogP contribution < -0.4 is 10.6 Å². The third-order valence-electron chi connectivity index (χ3n) is 3.71. The number of carbonyl (C=O) groups is 1. The van der Waals surface area contributed by atoms with Gasteiger partial charge in [0.15, 0.2) is 0 Å². The van der Waals surface area contributed by atoms with Crippen molar-refractivity contribution in [2.75, 3.05) is 10.6 Å². The number of hydrogen-bond donors (Lipinski definition) is 2. The molecule has 6 nitrogen and oxygen atoms in total. The van der Waals surface area contributed by atoms with Gasteiger partial charge in [0.1, 0.15) is 11.3 Å². The smallest absolute Gasteiger partial charge is 0.259 e. The zero-order valence-corrected chi connectivity index (χ0v) is 13.3. The summed E-state index contributed by atoms with van der Waals surface area (Å²) in [5.41, 5.74) is 2.08. The topological polar surface area (TPSA) is 79.8 Å². The fourth-order valence-corrected chi connectivity index (χ4v) is 2.67. The van der Waals surface area contributed by atoms with Gasteiger partial charge in [-0.05, 0) is 37.8 Å². The van der Waals surface area contributed by atoms with Crippen LogP contribution in [0.15, 0.2) is 23.8 Å². The minimum atomic E-state index is -0.224. The minimum Gasteiger partial charge on any atom is -0.368 e. The lowest BCUT2D eigenvalue weighted by molar-refractivity contribution is 0.102. The molecule has 2 N–H and O–H groups in total. The molecule has 1 atom stereocenters. The number of amides is 1. The quantitative estimate of drug-likeness (QED) is 0.820. The van der Waals surface area contributed by atoms with Crippen LogP contribution in [0.25, 0.3) is 0 Å². The van der Waals surface area contributed by atoms with E-state index in [2.05, 4.69) is 32.7 Å². The highest BCUT2D eigenvalue weighted by molar-refractivity contribution is 7.13. The average Bonchev–Trinajstić information content (AvgIpc) is 3.22. The van der Waals surface area contributed by atoms with Crippen LogP contribution in [0.5, 0.6) is 0 Å². The largest absolute Gasteiger partial charge is 0.368 e. The van der Waals surface area contributed by atoms with Crippen molar-refractivity contribution in [1.82, 2.24) is 15.2 Å². The van der Waals surface area contributed by atoms with Crippen LogP contribution in [0.3, 0.4) is 0 Å². The fraction of sp³-hybridized carbons (Fsp3) is 0.467. The zero-order chi connectivity index (χ0) is 15.4. The van der Waals surface area contributed by atoms with Crippen molar-refractivity contribution in [2.24, 2.45) is 5.92 Å². The summed E-state index contributed by atoms with van der Waals surface area (Å²) in [5, 5.41) is 14.0. The van der Waals surface area contributed by atoms with E-state index in [1.54, 1.807) is 17.8 Å². The second kappa shape index (κ2) is 6.83. The van der Waals surface area contributed by atoms with Crippen molar-refractivity contribution in [3.8, 4) is 0 Å². The monoisotopic (exact) mass is 317 g/mol. The summed E-state index contributed by atoms with van der Waals surface area (Å²) >= 11 is 1.28. The van der Waals surface area contributed by atoms with Gasteiger partial charge in [0.05, 0.1) is 5.56 Å². The molecule has 0 saturated heterocycles. The Kier molecular flexibility index (Phi) is 4.62. The number of nitrogens with one attached hydrogen (secondary N) is 2. The van der Waals surface area contributed by atoms with Gasteiger partial charge in [0.25, 0.3) is 5.91 Å². The molecule has 2 aromatic heterocycles. The second-order valence-electron chi connectivity index (χ2n) is 5.70. The van der Waals surface area contributed by atoms with Crippen molar-refractivity contribution in [2.45, 2.75) is 38.6 Å². The lowest BCUT2D eigenvalue weighted by Gasteiger charge is -2.14. The maximum absolute atomic E-state index is 12.0. The number of anilines is 2. The molecule has 1 aliphatic rings. The number of carbonyl (C=O) groups excluding carboxylic acids is 1. The lowest BCUT2D eigenvalue weighted by atomic mass is 10.1. The normalized spacial score (nSPS) is 15.3. The van der Waals surface area contributed by atoms with Gasteiger partial charge in [-0.25, -0.2) is 4.98 Å². The molecule has 0 aromatic carbocycles. The van der Waals surface area contributed by atoms with Crippen LogP contribution in [-0.4, -0.2) is 27.1 Å². The first kappa shape index (κ1) is 14.9. The molecule has 1 unspecified atom stereocenters. The molecule has 0 aliphatic heterocycles. The molecule has 0 bridgehead atoms. The van der Waals surface area contributed by atoms with Gasteiger partial charge in [-0.15, -0.1) is 10.2 Å². The summed E-state index contributed by atoms with van der Waals surface area (Å²) in [6.07, 6.45) is 6.81. The molecule has 1 fully saturated rings. The summed E-state index contributed by atoms with van der Waals surface area (Å²) in [6.45, 7) is 2.17. The van der Waals surface area contributed by atoms with Crippen LogP contribution in [-0.2, 0) is 0 Å². The van der Waals surface area contributed by atoms with E-state index in [0.29, 0.717) is 16.7 Å². The number of hydrogen-bond acceptors (Lipinski definition) is 6. The van der Waals surface area contributed by atoms with Crippen LogP contribution in [0.4, 0.5) is 10.9 Å². The highest BCUT2D eigenvalue weighted by Gasteiger charge is 2.21. The Morgan fingerprint density at radius 3 is 2.95 bits per heavy atom. The molecule has 1 aliphatic carbocycles. The average molecular weight is 317 g/mol. The highest BCUT2D eigenvalue weighted by Crippen LogP contribution is 2.34. The van der Waals surface area contributed by atoms with Gasteiger partial charge >= 0.3 is 0 Å². The second-order valence-corrected chi connectivity index (χ2v) is 6.53. The van der Waals surface area contributed by atoms with Gasteiger partial charge in [0.2, 0.25) is 5.13 Å². The van der Waals surface area contributed by atoms with E-state index >= 15 is 0 Å². The Morgan fingerprint density at radius 1 is 1.45 bits per heavy atom. The Bertz CT molecular complexity index is 609. The predicted molar refractivity (Wildman–Crippen MR) is 87.1 cm³/mol. The summed E-state index contributed by atoms with van der Waals surface area (Å²) in [6, 6.07) is 4.00. The molecule has 7 heteroatoms. The van der Waals surface area contributed by atoms with Crippen LogP contribution in [0, 0.1) is 5.92 Å². The molecule has 1 saturated carbocycles. The first-order valence-electron chi connectivity index (χ1n) is 7.51. The van der Waals surface area contributed by atoms with E-state index in [-0.39, 0.29) is 5.91 Å². The Balaban J connectivity index is 1.51. The number of pyridine rings is 1. The van der Waals surface area contributed by atoms with Crippen molar-refractivity contribution < 1.29 is 4.79 Å². The summed E-state index contributed by atoms with van der Waals surface area (Å²) in [5.74, 6) is 1.52. The Morgan fingerprint density at radius 2 is 2.32 bits per heavy atom. The minimum absolute atomic E-state index is 0.224. The molecule has 1 amide bonds. The van der Waals surface area contributed by atoms with E-state index in [9.17, 15) is 4.79 Å². The van der Waals surface area contributed by atoms with Crippen molar-refractivity contribution in [3.05, 3.63) is 29.4 Å². The molecule has 2 heterocycles. The van der Waals surface area contributed by atoms with E-state index in [1.807, 2.05) is 6.07 Å². The Labute approximate surface area is 133 Å². The molecular weight excluding hydrogens is 298 g/mol. The number of aromatic nitrogens is 3. The molecule has 0 spiro atoms. The van der Waals surface area contributed by atoms with E-state index in [4.69, 9.17) is 0 Å². The lowest BCUT2D eigenvalue weighted by Crippen LogP contribution is -2.17. The highest BCUT2D eigenvalue weighted by atomic mass is 32.1. The van der Waals surface area contributed by atoms with E-state index in [1.165, 1.54) is 30.6 Å². The summed E-state index contributed by atoms with van der Waals surface area (Å²) < 4.78 is 0. The molecular formula is C15H19N5OS. The molecule has 116 valence electrons. The fourth-order valence-electron chi connectivity index (χ4n) is 2.23. The van der Waals surface area contributed by atoms with Crippen molar-refractivity contribution >= 4 is 28.2 Å². The van der Waals surface area contributed by atoms with Gasteiger partial charge in [-0.3, -0.25) is 10.1 Å². The molecule has 3 rings (SSSR count). The van der Waals surface area contributed by atoms with Crippen LogP contribution >= 0.6 is 11.3 Å². The first-order valence-corrected chi connectivity index (χ1v) is 8.39. The van der Waals surface area contributed by atoms with Crippen molar-refractivity contribution in [3.63, 3.8) is 0 Å². The number of nitrogens with zero attached hydrogens (tertiary/aromatic N) is 3. The molecule has 22 heavy (non-hydrogen) atoms. The third kappa shape index (κ3) is 4.24. The summed E-state index contributed by atoms with van der Waals surface area (Å²) in [7, 11) is 0. The molecule has 2 aromatic rings. The van der Waals surface area contributed by atoms with Crippen molar-refractivity contribution in [1.29, 1.82) is 0 Å². The van der Waals surface area contributed by atoms with E-state index in [0.717, 1.165) is 18.2 Å². The van der Waals surface area contributed by atoms with Gasteiger partial charge < -0.3 is 5.32 Å². The zero-order valence-electron chi connectivity index (χ0n) is 12.5. The maximum atomic E-state index is 12.0. The maximum Gasteiger partial charge on any atom is 0.259 e. The van der Waals surface area contributed by atoms with Crippen LogP contribution in [0.2, 0.25) is 0 Å². The first-order chi connectivity index (χ1) is 10.7. The van der Waals surface area contributed by atoms with E-state index < -0.39 is 0 Å². The SMILES string of the molecule is CC(CCC1CC1)Nc1ccc(C(=O)Nc2nncs2)cn1. The van der Waals surface area contributed by atoms with Gasteiger partial charge in [0, 0.05) is 12.2 Å². The Hall–Kier alpha value is -2.02. The molecule has 0 radical (unpaired) electrons. The standard InChI is InChI=1S/C15H19N5OS/c1-10(2-3-11-4-5-11)18-13-7-6-12(8-16-13)14(21)19-15-20-17-9-22-15/h6-11H,2-5H2,1H3,(H,16,18)(H,19,20,21). The third-order valence-corrected chi connectivity index (χ3v) is 4.31. The van der Waals surface area contributed by atoms with Gasteiger partial charge in [-0.2, -0.15) is 0 Å². The number of rotatable bonds is 7. The summed E-state index contributed by atoms with van der Waals surface area (Å²) in [4.78, 5) is 16.3. The van der Waals surface area contributed by atoms with Gasteiger partial charge in [-0.1, -0.05) is 24.2 Å².